The van der Waals surface area contributed by atoms with Crippen molar-refractivity contribution >= 4 is 5.71 Å². The summed E-state index contributed by atoms with van der Waals surface area (Å²) in [5.74, 6) is 0. The molecule has 0 aromatic heterocycles. The first-order chi connectivity index (χ1) is 3.39. The average molecular weight is 93.1 g/mol. The summed E-state index contributed by atoms with van der Waals surface area (Å²) in [6, 6.07) is 0. The molecule has 0 aromatic rings. The lowest BCUT2D eigenvalue weighted by molar-refractivity contribution is 1.37. The van der Waals surface area contributed by atoms with Gasteiger partial charge >= 0.3 is 0 Å². The number of hydrogen-bond donors (Lipinski definition) is 1. The van der Waals surface area contributed by atoms with Gasteiger partial charge < -0.3 is 5.41 Å². The molecular formula is C6H7N. The SMILES string of the molecule is N=C1C=CC=CC1. The molecule has 1 heteroatoms. The van der Waals surface area contributed by atoms with Crippen LogP contribution in [0.5, 0.6) is 0 Å². The third-order valence-electron chi connectivity index (χ3n) is 0.882. The van der Waals surface area contributed by atoms with Crippen LogP contribution < -0.4 is 0 Å². The van der Waals surface area contributed by atoms with Crippen LogP contribution in [0.2, 0.25) is 0 Å². The third kappa shape index (κ3) is 1.000. The molecule has 1 aliphatic rings. The standard InChI is InChI=1S/C6H7N/c7-6-4-2-1-3-5-6/h1-4,7H,5H2. The van der Waals surface area contributed by atoms with E-state index in [1.165, 1.54) is 0 Å². The molecule has 0 atom stereocenters. The first-order valence-corrected chi connectivity index (χ1v) is 2.30. The van der Waals surface area contributed by atoms with Crippen LogP contribution in [0, 0.1) is 5.41 Å². The van der Waals surface area contributed by atoms with Crippen LogP contribution in [-0.2, 0) is 0 Å². The Bertz CT molecular complexity index is 131. The topological polar surface area (TPSA) is 23.9 Å². The smallest absolute Gasteiger partial charge is 0.0351 e. The van der Waals surface area contributed by atoms with E-state index in [1.807, 2.05) is 18.2 Å². The molecule has 7 heavy (non-hydrogen) atoms. The average Bonchev–Trinajstić information content (AvgIpc) is 1.69. The van der Waals surface area contributed by atoms with Crippen LogP contribution >= 0.6 is 0 Å². The quantitative estimate of drug-likeness (QED) is 0.469. The number of rotatable bonds is 0. The zero-order valence-electron chi connectivity index (χ0n) is 4.02. The maximum atomic E-state index is 7.05. The van der Waals surface area contributed by atoms with Crippen molar-refractivity contribution in [3.8, 4) is 0 Å². The summed E-state index contributed by atoms with van der Waals surface area (Å²) >= 11 is 0. The summed E-state index contributed by atoms with van der Waals surface area (Å²) in [7, 11) is 0. The van der Waals surface area contributed by atoms with Crippen molar-refractivity contribution in [2.45, 2.75) is 6.42 Å². The maximum Gasteiger partial charge on any atom is 0.0351 e. The fraction of sp³-hybridized carbons (Fsp3) is 0.167. The molecule has 0 aromatic carbocycles. The van der Waals surface area contributed by atoms with Gasteiger partial charge in [-0.2, -0.15) is 0 Å². The van der Waals surface area contributed by atoms with Gasteiger partial charge in [-0.15, -0.1) is 0 Å². The summed E-state index contributed by atoms with van der Waals surface area (Å²) in [6.07, 6.45) is 8.42. The molecular weight excluding hydrogens is 86.1 g/mol. The van der Waals surface area contributed by atoms with Crippen molar-refractivity contribution in [2.24, 2.45) is 0 Å². The summed E-state index contributed by atoms with van der Waals surface area (Å²) in [5.41, 5.74) is 0.697. The van der Waals surface area contributed by atoms with Crippen LogP contribution in [0.1, 0.15) is 6.42 Å². The van der Waals surface area contributed by atoms with Crippen molar-refractivity contribution in [2.75, 3.05) is 0 Å². The molecule has 0 radical (unpaired) electrons. The van der Waals surface area contributed by atoms with E-state index in [0.717, 1.165) is 6.42 Å². The Morgan fingerprint density at radius 1 is 1.43 bits per heavy atom. The molecule has 0 spiro atoms. The highest BCUT2D eigenvalue weighted by Gasteiger charge is 1.87. The van der Waals surface area contributed by atoms with E-state index in [2.05, 4.69) is 0 Å². The van der Waals surface area contributed by atoms with Crippen molar-refractivity contribution in [1.82, 2.24) is 0 Å². The van der Waals surface area contributed by atoms with Gasteiger partial charge in [-0.05, 0) is 6.08 Å². The lowest BCUT2D eigenvalue weighted by Crippen LogP contribution is -1.89. The molecule has 0 bridgehead atoms. The number of hydrogen-bond acceptors (Lipinski definition) is 1. The molecule has 1 rings (SSSR count). The number of nitrogens with one attached hydrogen (secondary N) is 1. The van der Waals surface area contributed by atoms with Crippen LogP contribution in [-0.4, -0.2) is 5.71 Å². The van der Waals surface area contributed by atoms with Gasteiger partial charge in [0.05, 0.1) is 0 Å². The van der Waals surface area contributed by atoms with Crippen molar-refractivity contribution in [3.63, 3.8) is 0 Å². The van der Waals surface area contributed by atoms with Gasteiger partial charge in [-0.1, -0.05) is 18.2 Å². The fourth-order valence-electron chi connectivity index (χ4n) is 0.513. The van der Waals surface area contributed by atoms with Crippen LogP contribution in [0.15, 0.2) is 24.3 Å². The zero-order valence-corrected chi connectivity index (χ0v) is 4.02. The monoisotopic (exact) mass is 93.1 g/mol. The van der Waals surface area contributed by atoms with Gasteiger partial charge in [-0.25, -0.2) is 0 Å². The highest BCUT2D eigenvalue weighted by Crippen LogP contribution is 1.94. The Labute approximate surface area is 42.9 Å². The Morgan fingerprint density at radius 3 is 2.57 bits per heavy atom. The molecule has 1 aliphatic carbocycles. The van der Waals surface area contributed by atoms with E-state index in [0.29, 0.717) is 5.71 Å². The Morgan fingerprint density at radius 2 is 2.29 bits per heavy atom. The molecule has 0 saturated heterocycles. The largest absolute Gasteiger partial charge is 0.305 e. The highest BCUT2D eigenvalue weighted by molar-refractivity contribution is 5.94. The minimum absolute atomic E-state index is 0.697. The normalized spacial score (nSPS) is 18.0. The van der Waals surface area contributed by atoms with Crippen LogP contribution in [0.4, 0.5) is 0 Å². The second-order valence-electron chi connectivity index (χ2n) is 1.52. The molecule has 36 valence electrons. The van der Waals surface area contributed by atoms with Crippen molar-refractivity contribution in [1.29, 1.82) is 5.41 Å². The first kappa shape index (κ1) is 4.31. The molecule has 0 heterocycles. The van der Waals surface area contributed by atoms with Gasteiger partial charge in [0.2, 0.25) is 0 Å². The lowest BCUT2D eigenvalue weighted by Gasteiger charge is -1.92. The molecule has 0 unspecified atom stereocenters. The van der Waals surface area contributed by atoms with Gasteiger partial charge in [-0.3, -0.25) is 0 Å². The van der Waals surface area contributed by atoms with Crippen LogP contribution in [0.25, 0.3) is 0 Å². The number of allylic oxidation sites excluding steroid dienone is 4. The fourth-order valence-corrected chi connectivity index (χ4v) is 0.513. The molecule has 0 amide bonds. The first-order valence-electron chi connectivity index (χ1n) is 2.30. The van der Waals surface area contributed by atoms with E-state index >= 15 is 0 Å². The van der Waals surface area contributed by atoms with Gasteiger partial charge in [0.15, 0.2) is 0 Å². The molecule has 0 fully saturated rings. The predicted molar refractivity (Wildman–Crippen MR) is 30.6 cm³/mol. The Kier molecular flexibility index (Phi) is 1.07. The summed E-state index contributed by atoms with van der Waals surface area (Å²) in [5, 5.41) is 7.05. The molecule has 1 nitrogen and oxygen atoms in total. The predicted octanol–water partition coefficient (Wildman–Crippen LogP) is 1.52. The van der Waals surface area contributed by atoms with Crippen molar-refractivity contribution < 1.29 is 0 Å². The van der Waals surface area contributed by atoms with Crippen molar-refractivity contribution in [3.05, 3.63) is 24.3 Å². The molecule has 1 N–H and O–H groups in total. The van der Waals surface area contributed by atoms with E-state index in [4.69, 9.17) is 5.41 Å². The second-order valence-corrected chi connectivity index (χ2v) is 1.52. The maximum absolute atomic E-state index is 7.05. The Hall–Kier alpha value is -0.850. The van der Waals surface area contributed by atoms with Gasteiger partial charge in [0.25, 0.3) is 0 Å². The van der Waals surface area contributed by atoms with Gasteiger partial charge in [0.1, 0.15) is 0 Å². The summed E-state index contributed by atoms with van der Waals surface area (Å²) < 4.78 is 0. The third-order valence-corrected chi connectivity index (χ3v) is 0.882. The minimum Gasteiger partial charge on any atom is -0.305 e. The minimum atomic E-state index is 0.697. The van der Waals surface area contributed by atoms with E-state index < -0.39 is 0 Å². The zero-order chi connectivity index (χ0) is 5.11. The Balaban J connectivity index is 2.66. The molecule has 0 aliphatic heterocycles. The van der Waals surface area contributed by atoms with Crippen LogP contribution in [0.3, 0.4) is 0 Å². The van der Waals surface area contributed by atoms with E-state index in [-0.39, 0.29) is 0 Å². The second kappa shape index (κ2) is 1.73. The van der Waals surface area contributed by atoms with E-state index in [1.54, 1.807) is 6.08 Å². The molecule has 0 saturated carbocycles. The lowest BCUT2D eigenvalue weighted by atomic mass is 10.2. The van der Waals surface area contributed by atoms with E-state index in [9.17, 15) is 0 Å². The summed E-state index contributed by atoms with van der Waals surface area (Å²) in [4.78, 5) is 0. The highest BCUT2D eigenvalue weighted by atomic mass is 14.4. The van der Waals surface area contributed by atoms with Gasteiger partial charge in [0, 0.05) is 12.1 Å². The summed E-state index contributed by atoms with van der Waals surface area (Å²) in [6.45, 7) is 0.